The van der Waals surface area contributed by atoms with Crippen LogP contribution in [0.3, 0.4) is 0 Å². The highest BCUT2D eigenvalue weighted by Crippen LogP contribution is 2.26. The Morgan fingerprint density at radius 1 is 0.941 bits per heavy atom. The molecule has 2 N–H and O–H groups in total. The molecule has 1 heteroatoms. The Morgan fingerprint density at radius 3 is 2.41 bits per heavy atom. The molecule has 90 valence electrons. The van der Waals surface area contributed by atoms with E-state index >= 15 is 0 Å². The maximum atomic E-state index is 6.31. The van der Waals surface area contributed by atoms with Gasteiger partial charge in [-0.15, -0.1) is 0 Å². The van der Waals surface area contributed by atoms with E-state index in [2.05, 4.69) is 56.3 Å². The summed E-state index contributed by atoms with van der Waals surface area (Å²) in [7, 11) is 0. The summed E-state index contributed by atoms with van der Waals surface area (Å²) in [6.45, 7) is 4.49. The third kappa shape index (κ3) is 2.86. The van der Waals surface area contributed by atoms with Crippen molar-refractivity contribution in [2.45, 2.75) is 32.7 Å². The van der Waals surface area contributed by atoms with E-state index in [-0.39, 0.29) is 6.04 Å². The minimum Gasteiger partial charge on any atom is -0.324 e. The zero-order valence-corrected chi connectivity index (χ0v) is 10.7. The first-order chi connectivity index (χ1) is 8.18. The van der Waals surface area contributed by atoms with Crippen LogP contribution in [0.2, 0.25) is 0 Å². The third-order valence-corrected chi connectivity index (χ3v) is 3.28. The van der Waals surface area contributed by atoms with Gasteiger partial charge in [0, 0.05) is 6.04 Å². The lowest BCUT2D eigenvalue weighted by Gasteiger charge is -2.15. The van der Waals surface area contributed by atoms with Crippen molar-refractivity contribution in [3.8, 4) is 0 Å². The average Bonchev–Trinajstić information content (AvgIpc) is 2.35. The smallest absolute Gasteiger partial charge is 0.0301 e. The highest BCUT2D eigenvalue weighted by molar-refractivity contribution is 5.86. The summed E-state index contributed by atoms with van der Waals surface area (Å²) in [5.74, 6) is 0.719. The van der Waals surface area contributed by atoms with Crippen LogP contribution in [0.4, 0.5) is 0 Å². The minimum absolute atomic E-state index is 0.156. The predicted molar refractivity (Wildman–Crippen MR) is 74.9 cm³/mol. The van der Waals surface area contributed by atoms with Crippen molar-refractivity contribution in [2.24, 2.45) is 11.7 Å². The lowest BCUT2D eigenvalue weighted by Crippen LogP contribution is -2.11. The maximum absolute atomic E-state index is 6.31. The molecule has 1 atom stereocenters. The molecular weight excluding hydrogens is 206 g/mol. The molecule has 0 spiro atoms. The molecule has 1 unspecified atom stereocenters. The number of hydrogen-bond acceptors (Lipinski definition) is 1. The first-order valence-corrected chi connectivity index (χ1v) is 6.41. The van der Waals surface area contributed by atoms with Crippen LogP contribution in [-0.2, 0) is 0 Å². The van der Waals surface area contributed by atoms with E-state index in [0.717, 1.165) is 12.3 Å². The van der Waals surface area contributed by atoms with Gasteiger partial charge in [0.1, 0.15) is 0 Å². The van der Waals surface area contributed by atoms with E-state index in [1.165, 1.54) is 22.8 Å². The molecule has 0 aliphatic carbocycles. The fraction of sp³-hybridized carbons (Fsp3) is 0.375. The van der Waals surface area contributed by atoms with Crippen LogP contribution in [-0.4, -0.2) is 0 Å². The van der Waals surface area contributed by atoms with Crippen molar-refractivity contribution >= 4 is 10.8 Å². The molecular formula is C16H21N. The number of rotatable bonds is 4. The van der Waals surface area contributed by atoms with Gasteiger partial charge in [0.15, 0.2) is 0 Å². The zero-order valence-electron chi connectivity index (χ0n) is 10.7. The van der Waals surface area contributed by atoms with Crippen LogP contribution in [0.25, 0.3) is 10.8 Å². The molecule has 0 radical (unpaired) electrons. The number of benzene rings is 2. The van der Waals surface area contributed by atoms with Crippen LogP contribution in [0.5, 0.6) is 0 Å². The normalized spacial score (nSPS) is 13.2. The van der Waals surface area contributed by atoms with E-state index in [9.17, 15) is 0 Å². The molecule has 2 aromatic carbocycles. The molecule has 0 aromatic heterocycles. The predicted octanol–water partition coefficient (Wildman–Crippen LogP) is 4.28. The molecule has 2 aromatic rings. The zero-order chi connectivity index (χ0) is 12.3. The van der Waals surface area contributed by atoms with E-state index in [1.54, 1.807) is 0 Å². The Bertz CT molecular complexity index is 482. The maximum Gasteiger partial charge on any atom is 0.0301 e. The standard InChI is InChI=1S/C16H21N/c1-12(2)10-11-16(17)15-9-5-7-13-6-3-4-8-14(13)15/h3-9,12,16H,10-11,17H2,1-2H3. The molecule has 0 heterocycles. The average molecular weight is 227 g/mol. The Kier molecular flexibility index (Phi) is 3.80. The van der Waals surface area contributed by atoms with E-state index in [0.29, 0.717) is 0 Å². The summed E-state index contributed by atoms with van der Waals surface area (Å²) in [4.78, 5) is 0. The Hall–Kier alpha value is -1.34. The molecule has 2 rings (SSSR count). The van der Waals surface area contributed by atoms with Gasteiger partial charge in [-0.25, -0.2) is 0 Å². The lowest BCUT2D eigenvalue weighted by atomic mass is 9.94. The second kappa shape index (κ2) is 5.33. The van der Waals surface area contributed by atoms with Crippen molar-refractivity contribution in [1.29, 1.82) is 0 Å². The van der Waals surface area contributed by atoms with Gasteiger partial charge < -0.3 is 5.73 Å². The molecule has 0 aliphatic heterocycles. The van der Waals surface area contributed by atoms with Crippen molar-refractivity contribution in [3.63, 3.8) is 0 Å². The molecule has 1 nitrogen and oxygen atoms in total. The second-order valence-electron chi connectivity index (χ2n) is 5.15. The van der Waals surface area contributed by atoms with Crippen molar-refractivity contribution in [3.05, 3.63) is 48.0 Å². The highest BCUT2D eigenvalue weighted by Gasteiger charge is 2.09. The van der Waals surface area contributed by atoms with Gasteiger partial charge in [0.2, 0.25) is 0 Å². The van der Waals surface area contributed by atoms with Gasteiger partial charge in [0.25, 0.3) is 0 Å². The quantitative estimate of drug-likeness (QED) is 0.829. The van der Waals surface area contributed by atoms with Gasteiger partial charge in [-0.3, -0.25) is 0 Å². The Labute approximate surface area is 104 Å². The van der Waals surface area contributed by atoms with E-state index in [4.69, 9.17) is 5.73 Å². The van der Waals surface area contributed by atoms with E-state index < -0.39 is 0 Å². The van der Waals surface area contributed by atoms with Crippen molar-refractivity contribution in [1.82, 2.24) is 0 Å². The molecule has 0 bridgehead atoms. The molecule has 0 amide bonds. The number of nitrogens with two attached hydrogens (primary N) is 1. The van der Waals surface area contributed by atoms with Crippen LogP contribution in [0.1, 0.15) is 38.3 Å². The largest absolute Gasteiger partial charge is 0.324 e. The number of fused-ring (bicyclic) bond motifs is 1. The summed E-state index contributed by atoms with van der Waals surface area (Å²) < 4.78 is 0. The van der Waals surface area contributed by atoms with Crippen LogP contribution in [0, 0.1) is 5.92 Å². The molecule has 0 aliphatic rings. The summed E-state index contributed by atoms with van der Waals surface area (Å²) in [6.07, 6.45) is 2.25. The highest BCUT2D eigenvalue weighted by atomic mass is 14.6. The Morgan fingerprint density at radius 2 is 1.65 bits per heavy atom. The molecule has 0 fully saturated rings. The number of hydrogen-bond donors (Lipinski definition) is 1. The topological polar surface area (TPSA) is 26.0 Å². The summed E-state index contributed by atoms with van der Waals surface area (Å²) >= 11 is 0. The summed E-state index contributed by atoms with van der Waals surface area (Å²) in [6, 6.07) is 15.0. The van der Waals surface area contributed by atoms with Gasteiger partial charge in [-0.2, -0.15) is 0 Å². The van der Waals surface area contributed by atoms with Crippen LogP contribution < -0.4 is 5.73 Å². The molecule has 0 saturated heterocycles. The molecule has 0 saturated carbocycles. The van der Waals surface area contributed by atoms with Gasteiger partial charge in [0.05, 0.1) is 0 Å². The first-order valence-electron chi connectivity index (χ1n) is 6.41. The fourth-order valence-corrected chi connectivity index (χ4v) is 2.24. The van der Waals surface area contributed by atoms with Crippen LogP contribution >= 0.6 is 0 Å². The fourth-order valence-electron chi connectivity index (χ4n) is 2.24. The third-order valence-electron chi connectivity index (χ3n) is 3.28. The van der Waals surface area contributed by atoms with Gasteiger partial charge in [-0.1, -0.05) is 56.3 Å². The summed E-state index contributed by atoms with van der Waals surface area (Å²) in [5.41, 5.74) is 7.59. The second-order valence-corrected chi connectivity index (χ2v) is 5.15. The molecule has 17 heavy (non-hydrogen) atoms. The first kappa shape index (κ1) is 12.1. The van der Waals surface area contributed by atoms with E-state index in [1.807, 2.05) is 0 Å². The van der Waals surface area contributed by atoms with Crippen molar-refractivity contribution < 1.29 is 0 Å². The lowest BCUT2D eigenvalue weighted by molar-refractivity contribution is 0.508. The minimum atomic E-state index is 0.156. The van der Waals surface area contributed by atoms with Crippen LogP contribution in [0.15, 0.2) is 42.5 Å². The van der Waals surface area contributed by atoms with Gasteiger partial charge >= 0.3 is 0 Å². The SMILES string of the molecule is CC(C)CCC(N)c1cccc2ccccc12. The Balaban J connectivity index is 2.28. The summed E-state index contributed by atoms with van der Waals surface area (Å²) in [5, 5.41) is 2.58. The van der Waals surface area contributed by atoms with Crippen molar-refractivity contribution in [2.75, 3.05) is 0 Å². The monoisotopic (exact) mass is 227 g/mol. The van der Waals surface area contributed by atoms with Gasteiger partial charge in [-0.05, 0) is 35.1 Å².